The van der Waals surface area contributed by atoms with E-state index in [4.69, 9.17) is 11.6 Å². The van der Waals surface area contributed by atoms with Gasteiger partial charge in [-0.25, -0.2) is 4.98 Å². The number of aromatic nitrogens is 1. The molecule has 1 saturated carbocycles. The van der Waals surface area contributed by atoms with Crippen LogP contribution in [0.2, 0.25) is 5.02 Å². The molecule has 138 valence electrons. The highest BCUT2D eigenvalue weighted by molar-refractivity contribution is 7.22. The smallest absolute Gasteiger partial charge is 0.231 e. The number of rotatable bonds is 6. The summed E-state index contributed by atoms with van der Waals surface area (Å²) in [6, 6.07) is 5.80. The van der Waals surface area contributed by atoms with E-state index in [9.17, 15) is 4.79 Å². The van der Waals surface area contributed by atoms with E-state index in [0.717, 1.165) is 54.0 Å². The number of carbonyl (C=O) groups is 1. The second-order valence-electron chi connectivity index (χ2n) is 6.71. The Labute approximate surface area is 164 Å². The first-order valence-electron chi connectivity index (χ1n) is 8.57. The number of hydrogen-bond donors (Lipinski definition) is 0. The molecule has 0 N–H and O–H groups in total. The van der Waals surface area contributed by atoms with Crippen LogP contribution < -0.4 is 4.90 Å². The number of anilines is 1. The molecule has 0 saturated heterocycles. The van der Waals surface area contributed by atoms with E-state index in [1.54, 1.807) is 11.3 Å². The van der Waals surface area contributed by atoms with E-state index in [1.807, 2.05) is 23.1 Å². The Morgan fingerprint density at radius 3 is 2.64 bits per heavy atom. The van der Waals surface area contributed by atoms with Gasteiger partial charge >= 0.3 is 0 Å². The minimum absolute atomic E-state index is 0. The molecule has 0 aliphatic heterocycles. The summed E-state index contributed by atoms with van der Waals surface area (Å²) < 4.78 is 1.04. The van der Waals surface area contributed by atoms with Crippen molar-refractivity contribution in [1.29, 1.82) is 0 Å². The molecule has 0 unspecified atom stereocenters. The number of carbonyl (C=O) groups excluding carboxylic acids is 1. The molecule has 1 fully saturated rings. The van der Waals surface area contributed by atoms with Crippen LogP contribution in [-0.2, 0) is 4.79 Å². The Morgan fingerprint density at radius 2 is 2.00 bits per heavy atom. The van der Waals surface area contributed by atoms with E-state index in [0.29, 0.717) is 11.6 Å². The molecular formula is C18H25Cl2N3OS. The maximum Gasteiger partial charge on any atom is 0.231 e. The number of nitrogens with zero attached hydrogens (tertiary/aromatic N) is 3. The zero-order chi connectivity index (χ0) is 17.1. The van der Waals surface area contributed by atoms with E-state index >= 15 is 0 Å². The molecule has 0 atom stereocenters. The standard InChI is InChI=1S/C18H24ClN3OS.ClH/c1-21(2)11-6-12-22(17(23)13-7-3-4-8-13)18-20-16-14(19)9-5-10-15(16)24-18;/h5,9-10,13H,3-4,6-8,11-12H2,1-2H3;1H. The normalized spacial score (nSPS) is 14.9. The van der Waals surface area contributed by atoms with E-state index < -0.39 is 0 Å². The third kappa shape index (κ3) is 4.85. The van der Waals surface area contributed by atoms with Crippen LogP contribution in [0.15, 0.2) is 18.2 Å². The largest absolute Gasteiger partial charge is 0.309 e. The molecular weight excluding hydrogens is 377 g/mol. The van der Waals surface area contributed by atoms with Crippen LogP contribution in [0.5, 0.6) is 0 Å². The predicted octanol–water partition coefficient (Wildman–Crippen LogP) is 4.85. The van der Waals surface area contributed by atoms with Gasteiger partial charge in [0, 0.05) is 12.5 Å². The number of amides is 1. The monoisotopic (exact) mass is 401 g/mol. The first-order chi connectivity index (χ1) is 11.6. The molecule has 1 heterocycles. The van der Waals surface area contributed by atoms with Crippen LogP contribution in [-0.4, -0.2) is 43.0 Å². The maximum atomic E-state index is 13.0. The van der Waals surface area contributed by atoms with E-state index in [-0.39, 0.29) is 24.2 Å². The van der Waals surface area contributed by atoms with Gasteiger partial charge in [0.2, 0.25) is 5.91 Å². The molecule has 0 spiro atoms. The fourth-order valence-electron chi connectivity index (χ4n) is 3.26. The predicted molar refractivity (Wildman–Crippen MR) is 109 cm³/mol. The molecule has 1 aliphatic carbocycles. The Balaban J connectivity index is 0.00000225. The van der Waals surface area contributed by atoms with Crippen LogP contribution in [0.4, 0.5) is 5.13 Å². The van der Waals surface area contributed by atoms with E-state index in [1.165, 1.54) is 0 Å². The molecule has 1 aliphatic rings. The first kappa shape index (κ1) is 20.4. The van der Waals surface area contributed by atoms with Crippen LogP contribution in [0.25, 0.3) is 10.2 Å². The van der Waals surface area contributed by atoms with Crippen molar-refractivity contribution in [2.24, 2.45) is 5.92 Å². The third-order valence-corrected chi connectivity index (χ3v) is 5.90. The zero-order valence-corrected chi connectivity index (χ0v) is 17.1. The van der Waals surface area contributed by atoms with Gasteiger partial charge in [0.1, 0.15) is 5.52 Å². The first-order valence-corrected chi connectivity index (χ1v) is 9.77. The van der Waals surface area contributed by atoms with Crippen molar-refractivity contribution in [2.45, 2.75) is 32.1 Å². The second-order valence-corrected chi connectivity index (χ2v) is 8.13. The molecule has 7 heteroatoms. The Hall–Kier alpha value is -0.880. The summed E-state index contributed by atoms with van der Waals surface area (Å²) in [7, 11) is 4.11. The average molecular weight is 402 g/mol. The number of hydrogen-bond acceptors (Lipinski definition) is 4. The highest BCUT2D eigenvalue weighted by Gasteiger charge is 2.29. The van der Waals surface area contributed by atoms with Crippen LogP contribution in [0.1, 0.15) is 32.1 Å². The highest BCUT2D eigenvalue weighted by atomic mass is 35.5. The van der Waals surface area contributed by atoms with Gasteiger partial charge in [-0.1, -0.05) is 41.8 Å². The van der Waals surface area contributed by atoms with Gasteiger partial charge in [0.25, 0.3) is 0 Å². The lowest BCUT2D eigenvalue weighted by Gasteiger charge is -2.24. The van der Waals surface area contributed by atoms with Crippen molar-refractivity contribution in [3.8, 4) is 0 Å². The molecule has 1 amide bonds. The topological polar surface area (TPSA) is 36.4 Å². The molecule has 25 heavy (non-hydrogen) atoms. The molecule has 2 aromatic rings. The third-order valence-electron chi connectivity index (χ3n) is 4.55. The zero-order valence-electron chi connectivity index (χ0n) is 14.7. The lowest BCUT2D eigenvalue weighted by atomic mass is 10.1. The van der Waals surface area contributed by atoms with Crippen molar-refractivity contribution in [2.75, 3.05) is 32.1 Å². The Bertz CT molecular complexity index is 713. The quantitative estimate of drug-likeness (QED) is 0.693. The van der Waals surface area contributed by atoms with Crippen LogP contribution in [0, 0.1) is 5.92 Å². The van der Waals surface area contributed by atoms with Gasteiger partial charge in [0.05, 0.1) is 9.72 Å². The SMILES string of the molecule is CN(C)CCCN(C(=O)C1CCCC1)c1nc2c(Cl)cccc2s1.Cl. The summed E-state index contributed by atoms with van der Waals surface area (Å²) in [5.41, 5.74) is 0.802. The summed E-state index contributed by atoms with van der Waals surface area (Å²) in [5.74, 6) is 0.397. The number of benzene rings is 1. The van der Waals surface area contributed by atoms with Crippen molar-refractivity contribution in [3.05, 3.63) is 23.2 Å². The van der Waals surface area contributed by atoms with Gasteiger partial charge in [-0.3, -0.25) is 9.69 Å². The lowest BCUT2D eigenvalue weighted by Crippen LogP contribution is -2.37. The number of halogens is 2. The van der Waals surface area contributed by atoms with Crippen molar-refractivity contribution < 1.29 is 4.79 Å². The van der Waals surface area contributed by atoms with Crippen molar-refractivity contribution >= 4 is 56.6 Å². The molecule has 1 aromatic heterocycles. The van der Waals surface area contributed by atoms with Crippen LogP contribution in [0.3, 0.4) is 0 Å². The molecule has 1 aromatic carbocycles. The van der Waals surface area contributed by atoms with Crippen molar-refractivity contribution in [3.63, 3.8) is 0 Å². The summed E-state index contributed by atoms with van der Waals surface area (Å²) in [6.07, 6.45) is 5.28. The average Bonchev–Trinajstić information content (AvgIpc) is 3.20. The fourth-order valence-corrected chi connectivity index (χ4v) is 4.55. The fraction of sp³-hybridized carbons (Fsp3) is 0.556. The van der Waals surface area contributed by atoms with Gasteiger partial charge < -0.3 is 4.90 Å². The minimum atomic E-state index is 0. The highest BCUT2D eigenvalue weighted by Crippen LogP contribution is 2.35. The summed E-state index contributed by atoms with van der Waals surface area (Å²) in [4.78, 5) is 21.8. The molecule has 3 rings (SSSR count). The molecule has 0 bridgehead atoms. The number of para-hydroxylation sites is 1. The Morgan fingerprint density at radius 1 is 1.28 bits per heavy atom. The maximum absolute atomic E-state index is 13.0. The minimum Gasteiger partial charge on any atom is -0.309 e. The van der Waals surface area contributed by atoms with Gasteiger partial charge in [-0.15, -0.1) is 12.4 Å². The van der Waals surface area contributed by atoms with Crippen LogP contribution >= 0.6 is 35.3 Å². The van der Waals surface area contributed by atoms with Gasteiger partial charge in [-0.2, -0.15) is 0 Å². The molecule has 0 radical (unpaired) electrons. The summed E-state index contributed by atoms with van der Waals surface area (Å²) in [5, 5.41) is 1.44. The Kier molecular flexibility index (Phi) is 7.50. The summed E-state index contributed by atoms with van der Waals surface area (Å²) in [6.45, 7) is 1.67. The van der Waals surface area contributed by atoms with Crippen molar-refractivity contribution in [1.82, 2.24) is 9.88 Å². The lowest BCUT2D eigenvalue weighted by molar-refractivity contribution is -0.122. The second kappa shape index (κ2) is 9.17. The number of fused-ring (bicyclic) bond motifs is 1. The van der Waals surface area contributed by atoms with Gasteiger partial charge in [0.15, 0.2) is 5.13 Å². The molecule has 4 nitrogen and oxygen atoms in total. The number of thiazole rings is 1. The van der Waals surface area contributed by atoms with Gasteiger partial charge in [-0.05, 0) is 52.0 Å². The summed E-state index contributed by atoms with van der Waals surface area (Å²) >= 11 is 7.82. The van der Waals surface area contributed by atoms with E-state index in [2.05, 4.69) is 24.0 Å².